The van der Waals surface area contributed by atoms with E-state index in [4.69, 9.17) is 4.74 Å². The fraction of sp³-hybridized carbons (Fsp3) is 0.531. The van der Waals surface area contributed by atoms with Gasteiger partial charge in [0.15, 0.2) is 0 Å². The van der Waals surface area contributed by atoms with E-state index >= 15 is 0 Å². The molecule has 41 heavy (non-hydrogen) atoms. The summed E-state index contributed by atoms with van der Waals surface area (Å²) in [5.74, 6) is 0.00237. The van der Waals surface area contributed by atoms with E-state index in [1.165, 1.54) is 11.3 Å². The monoisotopic (exact) mass is 563 g/mol. The van der Waals surface area contributed by atoms with E-state index in [0.29, 0.717) is 45.2 Å². The summed E-state index contributed by atoms with van der Waals surface area (Å²) in [6.45, 7) is 5.70. The number of ether oxygens (including phenoxy) is 1. The zero-order valence-corrected chi connectivity index (χ0v) is 24.7. The number of piperidine rings is 1. The molecule has 2 aliphatic heterocycles. The first kappa shape index (κ1) is 30.4. The molecule has 0 radical (unpaired) electrons. The number of alkyl carbamates (subject to hydrolysis) is 1. The van der Waals surface area contributed by atoms with E-state index < -0.39 is 17.7 Å². The Hall–Kier alpha value is -3.59. The summed E-state index contributed by atoms with van der Waals surface area (Å²) in [7, 11) is 4.07. The number of likely N-dealkylation sites (tertiary alicyclic amines) is 1. The predicted molar refractivity (Wildman–Crippen MR) is 160 cm³/mol. The van der Waals surface area contributed by atoms with Crippen molar-refractivity contribution in [1.29, 1.82) is 0 Å². The molecule has 222 valence electrons. The van der Waals surface area contributed by atoms with Gasteiger partial charge in [0.2, 0.25) is 11.8 Å². The molecule has 2 N–H and O–H groups in total. The molecule has 3 amide bonds. The number of unbranched alkanes of at least 4 members (excludes halogenated alkanes) is 1. The second-order valence-electron chi connectivity index (χ2n) is 11.4. The fourth-order valence-corrected chi connectivity index (χ4v) is 5.79. The summed E-state index contributed by atoms with van der Waals surface area (Å²) >= 11 is 0. The number of piperazine rings is 1. The maximum Gasteiger partial charge on any atom is 0.407 e. The van der Waals surface area contributed by atoms with Crippen LogP contribution >= 0.6 is 0 Å². The molecule has 1 atom stereocenters. The lowest BCUT2D eigenvalue weighted by atomic mass is 9.81. The minimum atomic E-state index is -0.765. The Morgan fingerprint density at radius 3 is 2.39 bits per heavy atom. The molecule has 2 aliphatic rings. The van der Waals surface area contributed by atoms with Crippen LogP contribution in [-0.2, 0) is 27.5 Å². The molecule has 0 aliphatic carbocycles. The minimum Gasteiger partial charge on any atom is -0.445 e. The van der Waals surface area contributed by atoms with Crippen molar-refractivity contribution in [2.45, 2.75) is 70.2 Å². The van der Waals surface area contributed by atoms with Gasteiger partial charge in [0.05, 0.1) is 0 Å². The van der Waals surface area contributed by atoms with E-state index in [1.807, 2.05) is 49.3 Å². The Kier molecular flexibility index (Phi) is 10.6. The molecule has 0 bridgehead atoms. The fourth-order valence-electron chi connectivity index (χ4n) is 5.79. The van der Waals surface area contributed by atoms with Crippen molar-refractivity contribution in [3.05, 3.63) is 65.7 Å². The molecule has 0 aromatic heterocycles. The molecule has 4 rings (SSSR count). The normalized spacial score (nSPS) is 18.7. The van der Waals surface area contributed by atoms with Gasteiger partial charge in [-0.1, -0.05) is 49.4 Å². The number of benzene rings is 2. The van der Waals surface area contributed by atoms with Crippen molar-refractivity contribution in [3.63, 3.8) is 0 Å². The molecule has 9 heteroatoms. The van der Waals surface area contributed by atoms with E-state index in [1.54, 1.807) is 0 Å². The van der Waals surface area contributed by atoms with Gasteiger partial charge in [0.1, 0.15) is 18.2 Å². The molecule has 2 aromatic rings. The third-order valence-corrected chi connectivity index (χ3v) is 8.20. The third kappa shape index (κ3) is 7.79. The number of rotatable bonds is 12. The predicted octanol–water partition coefficient (Wildman–Crippen LogP) is 3.92. The van der Waals surface area contributed by atoms with Gasteiger partial charge >= 0.3 is 6.09 Å². The molecule has 2 saturated heterocycles. The van der Waals surface area contributed by atoms with Crippen molar-refractivity contribution in [3.8, 4) is 0 Å². The molecular weight excluding hydrogens is 518 g/mol. The smallest absolute Gasteiger partial charge is 0.407 e. The Morgan fingerprint density at radius 2 is 1.73 bits per heavy atom. The maximum absolute atomic E-state index is 13.6. The Morgan fingerprint density at radius 1 is 1.02 bits per heavy atom. The lowest BCUT2D eigenvalue weighted by molar-refractivity contribution is -0.161. The standard InChI is InChI=1S/C32H45N5O4/c1-4-20-37-29(38)28(12-8-9-19-33-31(40)41-24-26-10-6-5-7-11-26)34-30(39)32(37)17-21-36(22-18-32)23-25-13-15-27(16-14-25)35(2)3/h5-7,10-11,13-16,28H,4,8-9,12,17-24H2,1-3H3,(H,33,40)(H,34,39)/t28-/m0/s1. The maximum atomic E-state index is 13.6. The first-order chi connectivity index (χ1) is 19.8. The van der Waals surface area contributed by atoms with Crippen LogP contribution in [0.25, 0.3) is 0 Å². The van der Waals surface area contributed by atoms with Crippen LogP contribution in [0.5, 0.6) is 0 Å². The molecule has 2 aromatic carbocycles. The van der Waals surface area contributed by atoms with Crippen LogP contribution in [0.15, 0.2) is 54.6 Å². The van der Waals surface area contributed by atoms with Crippen molar-refractivity contribution in [2.75, 3.05) is 45.2 Å². The largest absolute Gasteiger partial charge is 0.445 e. The number of hydrogen-bond donors (Lipinski definition) is 2. The zero-order valence-electron chi connectivity index (χ0n) is 24.7. The van der Waals surface area contributed by atoms with Crippen molar-refractivity contribution in [1.82, 2.24) is 20.4 Å². The highest BCUT2D eigenvalue weighted by Gasteiger charge is 2.53. The molecule has 2 fully saturated rings. The quantitative estimate of drug-likeness (QED) is 0.380. The summed E-state index contributed by atoms with van der Waals surface area (Å²) in [6, 6.07) is 17.6. The van der Waals surface area contributed by atoms with Crippen LogP contribution in [0.2, 0.25) is 0 Å². The van der Waals surface area contributed by atoms with Gasteiger partial charge in [0, 0.05) is 52.5 Å². The van der Waals surface area contributed by atoms with Crippen LogP contribution in [-0.4, -0.2) is 79.6 Å². The first-order valence-corrected chi connectivity index (χ1v) is 14.9. The number of carbonyl (C=O) groups excluding carboxylic acids is 3. The summed E-state index contributed by atoms with van der Waals surface area (Å²) in [4.78, 5) is 45.4. The number of hydrogen-bond acceptors (Lipinski definition) is 6. The summed E-state index contributed by atoms with van der Waals surface area (Å²) in [5, 5.41) is 5.83. The number of nitrogens with one attached hydrogen (secondary N) is 2. The van der Waals surface area contributed by atoms with Crippen LogP contribution in [0.3, 0.4) is 0 Å². The van der Waals surface area contributed by atoms with Gasteiger partial charge in [0.25, 0.3) is 0 Å². The van der Waals surface area contributed by atoms with Crippen LogP contribution in [0, 0.1) is 0 Å². The topological polar surface area (TPSA) is 94.2 Å². The first-order valence-electron chi connectivity index (χ1n) is 14.9. The van der Waals surface area contributed by atoms with E-state index in [9.17, 15) is 14.4 Å². The van der Waals surface area contributed by atoms with Gasteiger partial charge in [-0.2, -0.15) is 0 Å². The highest BCUT2D eigenvalue weighted by Crippen LogP contribution is 2.34. The summed E-state index contributed by atoms with van der Waals surface area (Å²) in [5.41, 5.74) is 2.59. The number of amides is 3. The van der Waals surface area contributed by atoms with Crippen molar-refractivity contribution >= 4 is 23.6 Å². The van der Waals surface area contributed by atoms with Crippen LogP contribution in [0.4, 0.5) is 10.5 Å². The molecule has 0 unspecified atom stereocenters. The van der Waals surface area contributed by atoms with E-state index in [0.717, 1.165) is 31.6 Å². The van der Waals surface area contributed by atoms with Gasteiger partial charge in [-0.15, -0.1) is 0 Å². The van der Waals surface area contributed by atoms with Gasteiger partial charge in [-0.3, -0.25) is 14.5 Å². The molecule has 0 saturated carbocycles. The number of nitrogens with zero attached hydrogens (tertiary/aromatic N) is 3. The lowest BCUT2D eigenvalue weighted by Crippen LogP contribution is -2.72. The van der Waals surface area contributed by atoms with Crippen molar-refractivity contribution < 1.29 is 19.1 Å². The van der Waals surface area contributed by atoms with Gasteiger partial charge in [-0.25, -0.2) is 4.79 Å². The number of anilines is 1. The van der Waals surface area contributed by atoms with E-state index in [-0.39, 0.29) is 18.4 Å². The Labute approximate surface area is 244 Å². The minimum absolute atomic E-state index is 0.0202. The van der Waals surface area contributed by atoms with Gasteiger partial charge in [-0.05, 0) is 61.8 Å². The summed E-state index contributed by atoms with van der Waals surface area (Å²) in [6.07, 6.45) is 3.60. The number of carbonyl (C=O) groups is 3. The Balaban J connectivity index is 1.23. The van der Waals surface area contributed by atoms with Gasteiger partial charge < -0.3 is 25.2 Å². The highest BCUT2D eigenvalue weighted by molar-refractivity contribution is 6.00. The SMILES string of the molecule is CCCN1C(=O)[C@H](CCCCNC(=O)OCc2ccccc2)NC(=O)C12CCN(Cc1ccc(N(C)C)cc1)CC2. The Bertz CT molecular complexity index is 1150. The highest BCUT2D eigenvalue weighted by atomic mass is 16.5. The van der Waals surface area contributed by atoms with Crippen molar-refractivity contribution in [2.24, 2.45) is 0 Å². The molecule has 2 heterocycles. The third-order valence-electron chi connectivity index (χ3n) is 8.20. The van der Waals surface area contributed by atoms with Crippen LogP contribution < -0.4 is 15.5 Å². The lowest BCUT2D eigenvalue weighted by Gasteiger charge is -2.51. The second kappa shape index (κ2) is 14.3. The average Bonchev–Trinajstić information content (AvgIpc) is 2.98. The van der Waals surface area contributed by atoms with E-state index in [2.05, 4.69) is 51.6 Å². The summed E-state index contributed by atoms with van der Waals surface area (Å²) < 4.78 is 5.24. The molecular formula is C32H45N5O4. The second-order valence-corrected chi connectivity index (χ2v) is 11.4. The van der Waals surface area contributed by atoms with Crippen LogP contribution in [0.1, 0.15) is 56.6 Å². The zero-order chi connectivity index (χ0) is 29.2. The molecule has 9 nitrogen and oxygen atoms in total. The molecule has 1 spiro atoms. The average molecular weight is 564 g/mol.